The van der Waals surface area contributed by atoms with Crippen molar-refractivity contribution in [1.29, 1.82) is 0 Å². The summed E-state index contributed by atoms with van der Waals surface area (Å²) in [4.78, 5) is 7.39. The third-order valence-corrected chi connectivity index (χ3v) is 6.57. The van der Waals surface area contributed by atoms with Crippen molar-refractivity contribution in [1.82, 2.24) is 19.7 Å². The minimum atomic E-state index is -2.87. The molecule has 1 fully saturated rings. The van der Waals surface area contributed by atoms with Gasteiger partial charge in [0.25, 0.3) is 0 Å². The number of hydrogen-bond donors (Lipinski definition) is 1. The van der Waals surface area contributed by atoms with Crippen LogP contribution < -0.4 is 0 Å². The number of H-pyrrole nitrogens is 1. The number of sulfone groups is 1. The fourth-order valence-corrected chi connectivity index (χ4v) is 5.10. The summed E-state index contributed by atoms with van der Waals surface area (Å²) in [7, 11) is -0.959. The van der Waals surface area contributed by atoms with E-state index >= 15 is 0 Å². The van der Waals surface area contributed by atoms with E-state index in [1.54, 1.807) is 16.0 Å². The molecule has 0 radical (unpaired) electrons. The van der Waals surface area contributed by atoms with E-state index in [0.717, 1.165) is 10.7 Å². The highest BCUT2D eigenvalue weighted by molar-refractivity contribution is 7.91. The number of aromatic amines is 1. The van der Waals surface area contributed by atoms with Crippen molar-refractivity contribution in [3.05, 3.63) is 22.3 Å². The number of nitrogens with zero attached hydrogens (tertiary/aromatic N) is 3. The summed E-state index contributed by atoms with van der Waals surface area (Å²) in [6, 6.07) is 3.99. The van der Waals surface area contributed by atoms with Crippen molar-refractivity contribution >= 4 is 33.4 Å². The Morgan fingerprint density at radius 1 is 1.62 bits per heavy atom. The molecule has 1 aliphatic heterocycles. The summed E-state index contributed by atoms with van der Waals surface area (Å²) < 4.78 is 25.4. The van der Waals surface area contributed by atoms with E-state index < -0.39 is 9.84 Å². The molecule has 0 aliphatic carbocycles. The smallest absolute Gasteiger partial charge is 0.217 e. The van der Waals surface area contributed by atoms with Gasteiger partial charge >= 0.3 is 0 Å². The predicted molar refractivity (Wildman–Crippen MR) is 85.5 cm³/mol. The van der Waals surface area contributed by atoms with E-state index in [-0.39, 0.29) is 17.5 Å². The summed E-state index contributed by atoms with van der Waals surface area (Å²) in [6.45, 7) is 0.511. The zero-order valence-electron chi connectivity index (χ0n) is 11.5. The number of thiophene rings is 1. The Bertz CT molecular complexity index is 776. The number of nitrogens with one attached hydrogen (secondary N) is 1. The van der Waals surface area contributed by atoms with Crippen LogP contribution in [0.4, 0.5) is 0 Å². The summed E-state index contributed by atoms with van der Waals surface area (Å²) in [5.74, 6) is 1.25. The molecule has 9 heteroatoms. The van der Waals surface area contributed by atoms with Crippen molar-refractivity contribution in [3.8, 4) is 10.7 Å². The van der Waals surface area contributed by atoms with Crippen LogP contribution in [0.25, 0.3) is 10.7 Å². The first kappa shape index (κ1) is 14.9. The molecule has 0 spiro atoms. The average molecular weight is 344 g/mol. The Hall–Kier alpha value is -1.03. The summed E-state index contributed by atoms with van der Waals surface area (Å²) >= 11 is 6.86. The number of aromatic nitrogens is 3. The van der Waals surface area contributed by atoms with Crippen molar-refractivity contribution in [2.24, 2.45) is 0 Å². The molecule has 2 aromatic heterocycles. The van der Waals surface area contributed by atoms with Crippen LogP contribution in [-0.4, -0.2) is 52.7 Å². The van der Waals surface area contributed by atoms with Crippen LogP contribution in [0.1, 0.15) is 6.42 Å². The molecule has 0 bridgehead atoms. The molecule has 6 nitrogen and oxygen atoms in total. The van der Waals surface area contributed by atoms with Crippen LogP contribution in [-0.2, 0) is 16.5 Å². The Morgan fingerprint density at radius 3 is 3.05 bits per heavy atom. The lowest BCUT2D eigenvalue weighted by atomic mass is 10.2. The Morgan fingerprint density at radius 2 is 2.43 bits per heavy atom. The summed E-state index contributed by atoms with van der Waals surface area (Å²) in [5, 5.41) is 5.17. The fraction of sp³-hybridized carbons (Fsp3) is 0.500. The van der Waals surface area contributed by atoms with Crippen LogP contribution >= 0.6 is 23.6 Å². The minimum Gasteiger partial charge on any atom is -0.283 e. The minimum absolute atomic E-state index is 0.0467. The lowest BCUT2D eigenvalue weighted by Crippen LogP contribution is -2.34. The highest BCUT2D eigenvalue weighted by Gasteiger charge is 2.30. The van der Waals surface area contributed by atoms with Gasteiger partial charge in [-0.25, -0.2) is 13.1 Å². The number of hydrogen-bond acceptors (Lipinski definition) is 6. The van der Waals surface area contributed by atoms with Gasteiger partial charge in [0.2, 0.25) is 4.77 Å². The first-order valence-corrected chi connectivity index (χ1v) is 9.67. The van der Waals surface area contributed by atoms with Crippen molar-refractivity contribution in [2.45, 2.75) is 19.1 Å². The Balaban J connectivity index is 1.75. The van der Waals surface area contributed by atoms with Gasteiger partial charge in [0.15, 0.2) is 15.7 Å². The molecule has 1 saturated heterocycles. The molecule has 114 valence electrons. The first-order valence-electron chi connectivity index (χ1n) is 6.56. The largest absolute Gasteiger partial charge is 0.283 e. The molecule has 1 atom stereocenters. The number of rotatable bonds is 4. The van der Waals surface area contributed by atoms with Crippen LogP contribution in [0.5, 0.6) is 0 Å². The van der Waals surface area contributed by atoms with E-state index in [4.69, 9.17) is 12.2 Å². The van der Waals surface area contributed by atoms with Gasteiger partial charge in [-0.2, -0.15) is 4.98 Å². The zero-order valence-corrected chi connectivity index (χ0v) is 14.0. The normalized spacial score (nSPS) is 21.1. The van der Waals surface area contributed by atoms with Crippen LogP contribution in [0.3, 0.4) is 0 Å². The molecule has 3 rings (SSSR count). The van der Waals surface area contributed by atoms with Crippen LogP contribution in [0.15, 0.2) is 17.5 Å². The Labute approximate surface area is 132 Å². The van der Waals surface area contributed by atoms with Crippen molar-refractivity contribution in [3.63, 3.8) is 0 Å². The predicted octanol–water partition coefficient (Wildman–Crippen LogP) is 1.75. The quantitative estimate of drug-likeness (QED) is 0.856. The van der Waals surface area contributed by atoms with E-state index in [0.29, 0.717) is 17.9 Å². The van der Waals surface area contributed by atoms with E-state index in [1.165, 1.54) is 0 Å². The molecule has 0 saturated carbocycles. The lowest BCUT2D eigenvalue weighted by Gasteiger charge is -2.22. The van der Waals surface area contributed by atoms with Gasteiger partial charge in [-0.1, -0.05) is 6.07 Å². The monoisotopic (exact) mass is 344 g/mol. The molecule has 0 amide bonds. The molecule has 2 aromatic rings. The molecule has 1 aliphatic rings. The van der Waals surface area contributed by atoms with Gasteiger partial charge in [0.05, 0.1) is 23.1 Å². The molecule has 21 heavy (non-hydrogen) atoms. The van der Waals surface area contributed by atoms with E-state index in [9.17, 15) is 8.42 Å². The third-order valence-electron chi connectivity index (χ3n) is 3.63. The van der Waals surface area contributed by atoms with Gasteiger partial charge in [-0.05, 0) is 37.1 Å². The molecule has 1 N–H and O–H groups in total. The van der Waals surface area contributed by atoms with Crippen LogP contribution in [0, 0.1) is 4.77 Å². The first-order chi connectivity index (χ1) is 9.94. The van der Waals surface area contributed by atoms with Crippen molar-refractivity contribution in [2.75, 3.05) is 18.6 Å². The third kappa shape index (κ3) is 3.25. The van der Waals surface area contributed by atoms with Gasteiger partial charge in [0.1, 0.15) is 0 Å². The second-order valence-electron chi connectivity index (χ2n) is 5.22. The van der Waals surface area contributed by atoms with Gasteiger partial charge in [-0.15, -0.1) is 11.3 Å². The zero-order chi connectivity index (χ0) is 15.0. The van der Waals surface area contributed by atoms with Crippen LogP contribution in [0.2, 0.25) is 0 Å². The molecular weight excluding hydrogens is 328 g/mol. The maximum atomic E-state index is 11.6. The molecule has 0 aromatic carbocycles. The highest BCUT2D eigenvalue weighted by Crippen LogP contribution is 2.21. The highest BCUT2D eigenvalue weighted by atomic mass is 32.2. The second kappa shape index (κ2) is 5.64. The SMILES string of the molecule is CN(Cn1[nH]c(-c2cccs2)nc1=S)[C@H]1CCS(=O)(=O)C1. The second-order valence-corrected chi connectivity index (χ2v) is 8.76. The maximum Gasteiger partial charge on any atom is 0.217 e. The molecular formula is C12H16N4O2S3. The standard InChI is InChI=1S/C12H16N4O2S3/c1-15(9-4-6-21(17,18)7-9)8-16-12(19)13-11(14-16)10-3-2-5-20-10/h2-3,5,9H,4,6-8H2,1H3,(H,13,14,19)/t9-/m0/s1. The van der Waals surface area contributed by atoms with E-state index in [2.05, 4.69) is 10.1 Å². The summed E-state index contributed by atoms with van der Waals surface area (Å²) in [5.41, 5.74) is 0. The lowest BCUT2D eigenvalue weighted by molar-refractivity contribution is 0.197. The fourth-order valence-electron chi connectivity index (χ4n) is 2.44. The van der Waals surface area contributed by atoms with Gasteiger partial charge in [-0.3, -0.25) is 10.00 Å². The van der Waals surface area contributed by atoms with Crippen molar-refractivity contribution < 1.29 is 8.42 Å². The summed E-state index contributed by atoms with van der Waals surface area (Å²) in [6.07, 6.45) is 0.679. The van der Waals surface area contributed by atoms with Gasteiger partial charge in [0, 0.05) is 6.04 Å². The average Bonchev–Trinajstić information content (AvgIpc) is 3.10. The topological polar surface area (TPSA) is 71.0 Å². The van der Waals surface area contributed by atoms with E-state index in [1.807, 2.05) is 29.5 Å². The molecule has 3 heterocycles. The molecule has 0 unspecified atom stereocenters. The van der Waals surface area contributed by atoms with Gasteiger partial charge < -0.3 is 0 Å². The Kier molecular flexibility index (Phi) is 4.00. The maximum absolute atomic E-state index is 11.6.